The van der Waals surface area contributed by atoms with Gasteiger partial charge in [-0.15, -0.1) is 0 Å². The van der Waals surface area contributed by atoms with E-state index in [-0.39, 0.29) is 11.6 Å². The summed E-state index contributed by atoms with van der Waals surface area (Å²) in [5.74, 6) is -0.323. The van der Waals surface area contributed by atoms with Gasteiger partial charge in [0.25, 0.3) is 5.91 Å². The number of nitrogens with zero attached hydrogens (tertiary/aromatic N) is 3. The van der Waals surface area contributed by atoms with Gasteiger partial charge in [0.2, 0.25) is 0 Å². The van der Waals surface area contributed by atoms with Gasteiger partial charge in [-0.3, -0.25) is 9.78 Å². The van der Waals surface area contributed by atoms with E-state index in [1.165, 1.54) is 6.20 Å². The Balaban J connectivity index is 1.89. The molecule has 25 heavy (non-hydrogen) atoms. The number of benzene rings is 1. The molecule has 0 aliphatic heterocycles. The highest BCUT2D eigenvalue weighted by atomic mass is 16.1. The van der Waals surface area contributed by atoms with Crippen LogP contribution in [0.2, 0.25) is 0 Å². The lowest BCUT2D eigenvalue weighted by Gasteiger charge is -2.18. The smallest absolute Gasteiger partial charge is 0.271 e. The van der Waals surface area contributed by atoms with Crippen molar-refractivity contribution in [2.75, 3.05) is 6.54 Å². The van der Waals surface area contributed by atoms with Gasteiger partial charge >= 0.3 is 0 Å². The predicted octanol–water partition coefficient (Wildman–Crippen LogP) is 1.96. The summed E-state index contributed by atoms with van der Waals surface area (Å²) in [7, 11) is 0. The molecule has 4 N–H and O–H groups in total. The molecule has 7 heteroatoms. The topological polar surface area (TPSA) is 120 Å². The molecule has 126 valence electrons. The number of carbonyl (C=O) groups excluding carboxylic acids is 1. The van der Waals surface area contributed by atoms with Gasteiger partial charge in [0.15, 0.2) is 0 Å². The van der Waals surface area contributed by atoms with Crippen LogP contribution in [0.5, 0.6) is 0 Å². The molecule has 0 radical (unpaired) electrons. The van der Waals surface area contributed by atoms with Gasteiger partial charge in [-0.1, -0.05) is 6.07 Å². The standard InChI is InChI=1S/C18H18N6O/c1-18(2,20)10-22-17(25)16-9-21-8-15(24-16)14-6-12-4-3-11(7-19)5-13(12)23-14/h3-6,8-9,23H,10,20H2,1-2H3,(H,22,25). The molecule has 7 nitrogen and oxygen atoms in total. The average Bonchev–Trinajstić information content (AvgIpc) is 3.02. The highest BCUT2D eigenvalue weighted by Crippen LogP contribution is 2.23. The summed E-state index contributed by atoms with van der Waals surface area (Å²) >= 11 is 0. The third kappa shape index (κ3) is 3.82. The van der Waals surface area contributed by atoms with Gasteiger partial charge in [0.05, 0.1) is 29.7 Å². The highest BCUT2D eigenvalue weighted by Gasteiger charge is 2.15. The Kier molecular flexibility index (Phi) is 4.21. The summed E-state index contributed by atoms with van der Waals surface area (Å²) in [6.45, 7) is 3.99. The quantitative estimate of drug-likeness (QED) is 0.673. The summed E-state index contributed by atoms with van der Waals surface area (Å²) in [6.07, 6.45) is 3.00. The molecule has 0 aliphatic rings. The van der Waals surface area contributed by atoms with Crippen molar-refractivity contribution in [2.45, 2.75) is 19.4 Å². The normalized spacial score (nSPS) is 11.3. The van der Waals surface area contributed by atoms with E-state index in [1.807, 2.05) is 26.0 Å². The molecule has 0 bridgehead atoms. The average molecular weight is 334 g/mol. The first-order chi connectivity index (χ1) is 11.9. The second-order valence-electron chi connectivity index (χ2n) is 6.56. The van der Waals surface area contributed by atoms with E-state index >= 15 is 0 Å². The van der Waals surface area contributed by atoms with E-state index in [1.54, 1.807) is 18.3 Å². The number of carbonyl (C=O) groups is 1. The van der Waals surface area contributed by atoms with Crippen molar-refractivity contribution in [3.8, 4) is 17.5 Å². The molecule has 1 amide bonds. The Morgan fingerprint density at radius 3 is 2.88 bits per heavy atom. The molecule has 0 spiro atoms. The van der Waals surface area contributed by atoms with Gasteiger partial charge in [0.1, 0.15) is 11.4 Å². The number of amides is 1. The molecule has 2 heterocycles. The second kappa shape index (κ2) is 6.34. The van der Waals surface area contributed by atoms with Gasteiger partial charge in [-0.2, -0.15) is 5.26 Å². The first kappa shape index (κ1) is 16.6. The van der Waals surface area contributed by atoms with Crippen molar-refractivity contribution in [1.82, 2.24) is 20.3 Å². The fourth-order valence-electron chi connectivity index (χ4n) is 2.34. The molecule has 1 aromatic carbocycles. The third-order valence-electron chi connectivity index (χ3n) is 3.60. The fraction of sp³-hybridized carbons (Fsp3) is 0.222. The van der Waals surface area contributed by atoms with E-state index in [0.717, 1.165) is 16.6 Å². The first-order valence-corrected chi connectivity index (χ1v) is 7.78. The lowest BCUT2D eigenvalue weighted by atomic mass is 10.1. The van der Waals surface area contributed by atoms with Crippen LogP contribution in [-0.2, 0) is 0 Å². The Labute approximate surface area is 144 Å². The lowest BCUT2D eigenvalue weighted by Crippen LogP contribution is -2.45. The summed E-state index contributed by atoms with van der Waals surface area (Å²) in [4.78, 5) is 23.9. The molecule has 0 fully saturated rings. The maximum atomic E-state index is 12.2. The maximum absolute atomic E-state index is 12.2. The number of nitrogens with two attached hydrogens (primary N) is 1. The largest absolute Gasteiger partial charge is 0.353 e. The van der Waals surface area contributed by atoms with E-state index < -0.39 is 5.54 Å². The van der Waals surface area contributed by atoms with E-state index in [9.17, 15) is 4.79 Å². The Bertz CT molecular complexity index is 977. The van der Waals surface area contributed by atoms with Crippen LogP contribution < -0.4 is 11.1 Å². The number of rotatable bonds is 4. The van der Waals surface area contributed by atoms with Crippen LogP contribution in [0.15, 0.2) is 36.7 Å². The zero-order chi connectivity index (χ0) is 18.0. The fourth-order valence-corrected chi connectivity index (χ4v) is 2.34. The molecule has 0 aliphatic carbocycles. The minimum atomic E-state index is -0.504. The van der Waals surface area contributed by atoms with Crippen LogP contribution in [0.3, 0.4) is 0 Å². The number of aromatic nitrogens is 3. The van der Waals surface area contributed by atoms with Gasteiger partial charge in [-0.25, -0.2) is 4.98 Å². The number of H-pyrrole nitrogens is 1. The van der Waals surface area contributed by atoms with Crippen LogP contribution in [0.25, 0.3) is 22.3 Å². The van der Waals surface area contributed by atoms with Gasteiger partial charge < -0.3 is 16.0 Å². The van der Waals surface area contributed by atoms with Gasteiger partial charge in [0, 0.05) is 23.0 Å². The number of aromatic amines is 1. The van der Waals surface area contributed by atoms with Crippen molar-refractivity contribution in [2.24, 2.45) is 5.73 Å². The Morgan fingerprint density at radius 1 is 1.36 bits per heavy atom. The number of nitrogens with one attached hydrogen (secondary N) is 2. The second-order valence-corrected chi connectivity index (χ2v) is 6.56. The Morgan fingerprint density at radius 2 is 2.16 bits per heavy atom. The lowest BCUT2D eigenvalue weighted by molar-refractivity contribution is 0.0940. The zero-order valence-corrected chi connectivity index (χ0v) is 14.0. The third-order valence-corrected chi connectivity index (χ3v) is 3.60. The SMILES string of the molecule is CC(C)(N)CNC(=O)c1cncc(-c2cc3ccc(C#N)cc3[nH]2)n1. The van der Waals surface area contributed by atoms with Crippen LogP contribution in [-0.4, -0.2) is 32.9 Å². The summed E-state index contributed by atoms with van der Waals surface area (Å²) in [6, 6.07) is 9.40. The number of hydrogen-bond acceptors (Lipinski definition) is 5. The first-order valence-electron chi connectivity index (χ1n) is 7.78. The summed E-state index contributed by atoms with van der Waals surface area (Å²) in [5, 5.41) is 12.7. The van der Waals surface area contributed by atoms with E-state index in [4.69, 9.17) is 11.0 Å². The molecule has 0 saturated carbocycles. The molecule has 3 aromatic rings. The molecular weight excluding hydrogens is 316 g/mol. The molecule has 2 aromatic heterocycles. The number of nitriles is 1. The maximum Gasteiger partial charge on any atom is 0.271 e. The Hall–Kier alpha value is -3.24. The molecular formula is C18H18N6O. The predicted molar refractivity (Wildman–Crippen MR) is 94.6 cm³/mol. The molecule has 0 unspecified atom stereocenters. The van der Waals surface area contributed by atoms with E-state index in [2.05, 4.69) is 26.3 Å². The molecule has 3 rings (SSSR count). The van der Waals surface area contributed by atoms with Crippen molar-refractivity contribution >= 4 is 16.8 Å². The molecule has 0 saturated heterocycles. The van der Waals surface area contributed by atoms with E-state index in [0.29, 0.717) is 17.8 Å². The van der Waals surface area contributed by atoms with Crippen molar-refractivity contribution < 1.29 is 4.79 Å². The highest BCUT2D eigenvalue weighted by molar-refractivity contribution is 5.93. The van der Waals surface area contributed by atoms with Crippen LogP contribution >= 0.6 is 0 Å². The van der Waals surface area contributed by atoms with Crippen LogP contribution in [0.4, 0.5) is 0 Å². The minimum Gasteiger partial charge on any atom is -0.353 e. The monoisotopic (exact) mass is 334 g/mol. The van der Waals surface area contributed by atoms with Crippen molar-refractivity contribution in [1.29, 1.82) is 5.26 Å². The summed E-state index contributed by atoms with van der Waals surface area (Å²) < 4.78 is 0. The van der Waals surface area contributed by atoms with Crippen LogP contribution in [0, 0.1) is 11.3 Å². The number of hydrogen-bond donors (Lipinski definition) is 3. The van der Waals surface area contributed by atoms with Crippen molar-refractivity contribution in [3.63, 3.8) is 0 Å². The summed E-state index contributed by atoms with van der Waals surface area (Å²) in [5.41, 5.74) is 8.27. The molecule has 0 atom stereocenters. The van der Waals surface area contributed by atoms with Crippen LogP contribution in [0.1, 0.15) is 29.9 Å². The number of fused-ring (bicyclic) bond motifs is 1. The van der Waals surface area contributed by atoms with Crippen molar-refractivity contribution in [3.05, 3.63) is 47.9 Å². The zero-order valence-electron chi connectivity index (χ0n) is 14.0. The van der Waals surface area contributed by atoms with Gasteiger partial charge in [-0.05, 0) is 32.0 Å². The minimum absolute atomic E-state index is 0.220.